The molecule has 0 bridgehead atoms. The molecule has 0 aliphatic heterocycles. The highest BCUT2D eigenvalue weighted by Gasteiger charge is 2.35. The average Bonchev–Trinajstić information content (AvgIpc) is 2.80. The van der Waals surface area contributed by atoms with Crippen LogP contribution in [0.1, 0.15) is 51.2 Å². The maximum Gasteiger partial charge on any atom is 0.242 e. The van der Waals surface area contributed by atoms with Crippen molar-refractivity contribution in [3.8, 4) is 0 Å². The van der Waals surface area contributed by atoms with Crippen LogP contribution in [-0.2, 0) is 10.2 Å². The minimum atomic E-state index is 0.113. The van der Waals surface area contributed by atoms with E-state index in [2.05, 4.69) is 17.1 Å². The number of hydrogen-bond acceptors (Lipinski definition) is 4. The molecule has 0 radical (unpaired) electrons. The first-order valence-corrected chi connectivity index (χ1v) is 5.86. The standard InChI is InChI=1S/C12H16N2O2/c1-2-12(6-4-3-5-7-12)10-8-11(13-9-15)14-16-10/h8H,2-7H2,1H3. The van der Waals surface area contributed by atoms with E-state index in [9.17, 15) is 4.79 Å². The summed E-state index contributed by atoms with van der Waals surface area (Å²) in [5, 5.41) is 3.77. The van der Waals surface area contributed by atoms with Crippen molar-refractivity contribution in [2.45, 2.75) is 50.9 Å². The van der Waals surface area contributed by atoms with Crippen molar-refractivity contribution >= 4 is 11.9 Å². The number of isocyanates is 1. The molecule has 0 amide bonds. The van der Waals surface area contributed by atoms with Crippen molar-refractivity contribution in [1.29, 1.82) is 0 Å². The Morgan fingerprint density at radius 3 is 2.88 bits per heavy atom. The zero-order valence-electron chi connectivity index (χ0n) is 9.53. The van der Waals surface area contributed by atoms with Gasteiger partial charge >= 0.3 is 0 Å². The summed E-state index contributed by atoms with van der Waals surface area (Å²) in [5.74, 6) is 1.21. The number of aromatic nitrogens is 1. The quantitative estimate of drug-likeness (QED) is 0.580. The summed E-state index contributed by atoms with van der Waals surface area (Å²) in [7, 11) is 0. The van der Waals surface area contributed by atoms with E-state index in [1.165, 1.54) is 25.3 Å². The van der Waals surface area contributed by atoms with Gasteiger partial charge in [0.05, 0.1) is 0 Å². The third-order valence-electron chi connectivity index (χ3n) is 3.67. The number of nitrogens with zero attached hydrogens (tertiary/aromatic N) is 2. The highest BCUT2D eigenvalue weighted by atomic mass is 16.5. The Labute approximate surface area is 94.7 Å². The lowest BCUT2D eigenvalue weighted by Crippen LogP contribution is -2.27. The summed E-state index contributed by atoms with van der Waals surface area (Å²) < 4.78 is 5.33. The van der Waals surface area contributed by atoms with Crippen LogP contribution >= 0.6 is 0 Å². The summed E-state index contributed by atoms with van der Waals surface area (Å²) in [5.41, 5.74) is 0.113. The molecule has 0 N–H and O–H groups in total. The molecule has 2 rings (SSSR count). The Balaban J connectivity index is 2.28. The minimum Gasteiger partial charge on any atom is -0.359 e. The minimum absolute atomic E-state index is 0.113. The van der Waals surface area contributed by atoms with Crippen LogP contribution in [0, 0.1) is 0 Å². The molecule has 1 fully saturated rings. The molecule has 4 heteroatoms. The van der Waals surface area contributed by atoms with Gasteiger partial charge in [0.25, 0.3) is 0 Å². The maximum atomic E-state index is 10.1. The molecule has 16 heavy (non-hydrogen) atoms. The Morgan fingerprint density at radius 2 is 2.25 bits per heavy atom. The topological polar surface area (TPSA) is 55.5 Å². The van der Waals surface area contributed by atoms with E-state index in [1.54, 1.807) is 6.07 Å². The molecule has 1 aromatic heterocycles. The Kier molecular flexibility index (Phi) is 3.20. The van der Waals surface area contributed by atoms with Crippen molar-refractivity contribution in [1.82, 2.24) is 5.16 Å². The molecule has 1 heterocycles. The zero-order valence-corrected chi connectivity index (χ0v) is 9.53. The van der Waals surface area contributed by atoms with E-state index in [0.29, 0.717) is 5.82 Å². The second kappa shape index (κ2) is 4.62. The highest BCUT2D eigenvalue weighted by molar-refractivity contribution is 5.44. The summed E-state index contributed by atoms with van der Waals surface area (Å²) >= 11 is 0. The number of carbonyl (C=O) groups excluding carboxylic acids is 1. The molecule has 1 aromatic rings. The third-order valence-corrected chi connectivity index (χ3v) is 3.67. The van der Waals surface area contributed by atoms with Crippen LogP contribution in [0.25, 0.3) is 0 Å². The van der Waals surface area contributed by atoms with Crippen LogP contribution in [-0.4, -0.2) is 11.2 Å². The van der Waals surface area contributed by atoms with Gasteiger partial charge in [-0.2, -0.15) is 0 Å². The SMILES string of the molecule is CCC1(c2cc(N=C=O)no2)CCCCC1. The smallest absolute Gasteiger partial charge is 0.242 e. The van der Waals surface area contributed by atoms with Gasteiger partial charge in [-0.25, -0.2) is 4.79 Å². The average molecular weight is 220 g/mol. The summed E-state index contributed by atoms with van der Waals surface area (Å²) in [4.78, 5) is 13.6. The molecule has 0 unspecified atom stereocenters. The maximum absolute atomic E-state index is 10.1. The van der Waals surface area contributed by atoms with Crippen molar-refractivity contribution in [2.24, 2.45) is 4.99 Å². The van der Waals surface area contributed by atoms with Crippen LogP contribution in [0.15, 0.2) is 15.6 Å². The first-order valence-electron chi connectivity index (χ1n) is 5.86. The highest BCUT2D eigenvalue weighted by Crippen LogP contribution is 2.42. The van der Waals surface area contributed by atoms with E-state index in [0.717, 1.165) is 25.0 Å². The van der Waals surface area contributed by atoms with E-state index in [4.69, 9.17) is 4.52 Å². The Morgan fingerprint density at radius 1 is 1.50 bits per heavy atom. The van der Waals surface area contributed by atoms with Crippen LogP contribution in [0.4, 0.5) is 5.82 Å². The Hall–Kier alpha value is -1.41. The van der Waals surface area contributed by atoms with E-state index >= 15 is 0 Å². The van der Waals surface area contributed by atoms with E-state index in [1.807, 2.05) is 0 Å². The van der Waals surface area contributed by atoms with Gasteiger partial charge in [-0.1, -0.05) is 31.3 Å². The van der Waals surface area contributed by atoms with Gasteiger partial charge in [0.2, 0.25) is 11.9 Å². The summed E-state index contributed by atoms with van der Waals surface area (Å²) in [6.45, 7) is 2.18. The molecule has 0 spiro atoms. The first kappa shape index (κ1) is 11.1. The van der Waals surface area contributed by atoms with E-state index < -0.39 is 0 Å². The molecular formula is C12H16N2O2. The molecule has 1 saturated carbocycles. The molecule has 86 valence electrons. The van der Waals surface area contributed by atoms with Gasteiger partial charge in [0.1, 0.15) is 5.76 Å². The lowest BCUT2D eigenvalue weighted by Gasteiger charge is -2.33. The summed E-state index contributed by atoms with van der Waals surface area (Å²) in [6.07, 6.45) is 8.59. The molecule has 4 nitrogen and oxygen atoms in total. The van der Waals surface area contributed by atoms with Crippen molar-refractivity contribution in [3.05, 3.63) is 11.8 Å². The number of aliphatic imine (C=N–C) groups is 1. The predicted molar refractivity (Wildman–Crippen MR) is 59.3 cm³/mol. The van der Waals surface area contributed by atoms with Crippen LogP contribution in [0.5, 0.6) is 0 Å². The predicted octanol–water partition coefficient (Wildman–Crippen LogP) is 3.25. The van der Waals surface area contributed by atoms with Crippen LogP contribution in [0.3, 0.4) is 0 Å². The lowest BCUT2D eigenvalue weighted by molar-refractivity contribution is 0.215. The van der Waals surface area contributed by atoms with Gasteiger partial charge in [-0.05, 0) is 19.3 Å². The van der Waals surface area contributed by atoms with Gasteiger partial charge < -0.3 is 4.52 Å². The second-order valence-electron chi connectivity index (χ2n) is 4.45. The zero-order chi connectivity index (χ0) is 11.4. The summed E-state index contributed by atoms with van der Waals surface area (Å²) in [6, 6.07) is 1.78. The molecule has 0 atom stereocenters. The fourth-order valence-corrected chi connectivity index (χ4v) is 2.62. The van der Waals surface area contributed by atoms with Crippen molar-refractivity contribution in [3.63, 3.8) is 0 Å². The van der Waals surface area contributed by atoms with Gasteiger partial charge in [0.15, 0.2) is 0 Å². The monoisotopic (exact) mass is 220 g/mol. The van der Waals surface area contributed by atoms with Gasteiger partial charge in [-0.15, -0.1) is 4.99 Å². The number of hydrogen-bond donors (Lipinski definition) is 0. The largest absolute Gasteiger partial charge is 0.359 e. The number of rotatable bonds is 3. The fraction of sp³-hybridized carbons (Fsp3) is 0.667. The normalized spacial score (nSPS) is 19.1. The van der Waals surface area contributed by atoms with Crippen molar-refractivity contribution < 1.29 is 9.32 Å². The molecular weight excluding hydrogens is 204 g/mol. The third kappa shape index (κ3) is 1.93. The van der Waals surface area contributed by atoms with E-state index in [-0.39, 0.29) is 5.41 Å². The fourth-order valence-electron chi connectivity index (χ4n) is 2.62. The first-order chi connectivity index (χ1) is 7.80. The molecule has 1 aliphatic carbocycles. The van der Waals surface area contributed by atoms with Gasteiger partial charge in [0, 0.05) is 11.5 Å². The molecule has 0 aromatic carbocycles. The van der Waals surface area contributed by atoms with Crippen molar-refractivity contribution in [2.75, 3.05) is 0 Å². The molecule has 0 saturated heterocycles. The van der Waals surface area contributed by atoms with Crippen LogP contribution < -0.4 is 0 Å². The van der Waals surface area contributed by atoms with Crippen LogP contribution in [0.2, 0.25) is 0 Å². The van der Waals surface area contributed by atoms with Gasteiger partial charge in [-0.3, -0.25) is 0 Å². The second-order valence-corrected chi connectivity index (χ2v) is 4.45. The Bertz CT molecular complexity index is 399. The lowest BCUT2D eigenvalue weighted by atomic mass is 9.70. The molecule has 1 aliphatic rings.